The molecule has 1 aromatic heterocycles. The second-order valence-electron chi connectivity index (χ2n) is 15.9. The first-order chi connectivity index (χ1) is 33.4. The van der Waals surface area contributed by atoms with Crippen molar-refractivity contribution in [1.82, 2.24) is 36.1 Å². The van der Waals surface area contributed by atoms with E-state index in [9.17, 15) is 48.0 Å². The number of aliphatic hydroxyl groups is 1. The van der Waals surface area contributed by atoms with Crippen molar-refractivity contribution in [3.63, 3.8) is 0 Å². The molecule has 27 nitrogen and oxygen atoms in total. The fraction of sp³-hybridized carbons (Fsp3) is 0.789. The second kappa shape index (κ2) is 31.9. The highest BCUT2D eigenvalue weighted by molar-refractivity contribution is 8.76. The number of amides is 5. The molecule has 0 aromatic carbocycles. The Hall–Kier alpha value is -2.61. The van der Waals surface area contributed by atoms with Gasteiger partial charge in [-0.25, -0.2) is 18.7 Å². The molecule has 4 heterocycles. The quantitative estimate of drug-likeness (QED) is 0.0163. The van der Waals surface area contributed by atoms with Crippen molar-refractivity contribution in [3.8, 4) is 0 Å². The first-order valence-corrected chi connectivity index (χ1v) is 29.2. The third-order valence-corrected chi connectivity index (χ3v) is 15.4. The summed E-state index contributed by atoms with van der Waals surface area (Å²) >= 11 is 1.88. The van der Waals surface area contributed by atoms with E-state index in [2.05, 4.69) is 40.6 Å². The lowest BCUT2D eigenvalue weighted by Gasteiger charge is -2.21. The maximum absolute atomic E-state index is 12.7. The van der Waals surface area contributed by atoms with Gasteiger partial charge in [-0.1, -0.05) is 28.0 Å². The summed E-state index contributed by atoms with van der Waals surface area (Å²) in [7, 11) is -7.31. The number of nitrogens with one attached hydrogen (secondary N) is 5. The van der Waals surface area contributed by atoms with Crippen molar-refractivity contribution < 1.29 is 85.7 Å². The number of thioether (sulfide) groups is 1. The zero-order chi connectivity index (χ0) is 50.9. The van der Waals surface area contributed by atoms with Gasteiger partial charge in [-0.3, -0.25) is 28.0 Å². The number of aromatic nitrogens is 2. The highest BCUT2D eigenvalue weighted by Crippen LogP contribution is 2.45. The minimum Gasteiger partial charge on any atom is -0.386 e. The molecule has 3 fully saturated rings. The van der Waals surface area contributed by atoms with Crippen LogP contribution < -0.4 is 38.0 Å². The zero-order valence-corrected chi connectivity index (χ0v) is 42.7. The molecule has 32 heteroatoms. The van der Waals surface area contributed by atoms with E-state index in [0.29, 0.717) is 94.5 Å². The van der Waals surface area contributed by atoms with Gasteiger partial charge < -0.3 is 80.7 Å². The van der Waals surface area contributed by atoms with Crippen molar-refractivity contribution in [2.75, 3.05) is 102 Å². The highest BCUT2D eigenvalue weighted by Gasteiger charge is 2.49. The smallest absolute Gasteiger partial charge is 0.386 e. The van der Waals surface area contributed by atoms with Crippen LogP contribution in [0.2, 0.25) is 0 Å². The normalized spacial score (nSPS) is 22.1. The highest BCUT2D eigenvalue weighted by atomic mass is 33.1. The number of nitrogens with two attached hydrogens (primary N) is 1. The minimum absolute atomic E-state index is 0.00393. The Morgan fingerprint density at radius 2 is 1.44 bits per heavy atom. The van der Waals surface area contributed by atoms with Gasteiger partial charge in [0.25, 0.3) is 0 Å². The molecule has 12 N–H and O–H groups in total. The maximum atomic E-state index is 12.7. The van der Waals surface area contributed by atoms with Gasteiger partial charge >= 0.3 is 27.4 Å². The maximum Gasteiger partial charge on any atom is 0.470 e. The number of nitrogens with zero attached hydrogens (tertiary/aromatic N) is 2. The van der Waals surface area contributed by atoms with E-state index >= 15 is 0 Å². The Bertz CT molecular complexity index is 1960. The monoisotopic (exact) mass is 1100 g/mol. The topological polar surface area (TPSA) is 389 Å². The Balaban J connectivity index is 0.900. The first kappa shape index (κ1) is 59.9. The standard InChI is InChI=1S/C38H66N8O19P2S3/c39-35-25(22-46(38(52)45-35)36-33(50)34(65-67(56,57)58)27(64-36)23-63-66(53,54)55)4-3-9-40-31(49)8-20-69-70-21-11-42-30(48)7-12-59-14-16-61-18-19-62-17-15-60-13-10-41-29(47)6-2-1-5-28-32-26(24-68-28)43-37(51)44-32/h22,26-28,32-34,36,50H,1-21,23-24H2,(H,40,49)(H,41,47)(H,42,48)(H2,39,45,52)(H2,43,44,51)(H2,53,54,55)(H2,56,57,58)/t26-,27+,28-,32-,33-,34?,36+/m0/s1. The van der Waals surface area contributed by atoms with E-state index in [1.54, 1.807) is 0 Å². The molecule has 3 aliphatic heterocycles. The van der Waals surface area contributed by atoms with Gasteiger partial charge in [0.1, 0.15) is 24.1 Å². The van der Waals surface area contributed by atoms with Gasteiger partial charge in [-0.15, -0.1) is 0 Å². The average molecular weight is 1100 g/mol. The molecular formula is C38H66N8O19P2S3. The summed E-state index contributed by atoms with van der Waals surface area (Å²) in [6.07, 6.45) is -1.62. The Kier molecular flexibility index (Phi) is 27.3. The van der Waals surface area contributed by atoms with Gasteiger partial charge in [0.15, 0.2) is 6.23 Å². The predicted molar refractivity (Wildman–Crippen MR) is 256 cm³/mol. The van der Waals surface area contributed by atoms with E-state index in [0.717, 1.165) is 29.6 Å². The molecule has 0 bridgehead atoms. The van der Waals surface area contributed by atoms with Crippen LogP contribution in [-0.2, 0) is 62.7 Å². The second-order valence-corrected chi connectivity index (χ2v) is 22.3. The number of fused-ring (bicyclic) bond motifs is 1. The van der Waals surface area contributed by atoms with Crippen LogP contribution >= 0.6 is 49.0 Å². The van der Waals surface area contributed by atoms with Crippen molar-refractivity contribution in [3.05, 3.63) is 22.2 Å². The molecule has 7 atom stereocenters. The van der Waals surface area contributed by atoms with E-state index in [1.165, 1.54) is 27.8 Å². The first-order valence-electron chi connectivity index (χ1n) is 22.6. The number of ether oxygens (including phenoxy) is 5. The lowest BCUT2D eigenvalue weighted by atomic mass is 10.0. The lowest BCUT2D eigenvalue weighted by molar-refractivity contribution is -0.122. The average Bonchev–Trinajstić information content (AvgIpc) is 3.95. The van der Waals surface area contributed by atoms with Crippen LogP contribution in [0.5, 0.6) is 0 Å². The molecule has 0 radical (unpaired) electrons. The van der Waals surface area contributed by atoms with Gasteiger partial charge in [0.05, 0.1) is 71.5 Å². The number of urea groups is 1. The van der Waals surface area contributed by atoms with Crippen LogP contribution in [0, 0.1) is 0 Å². The Morgan fingerprint density at radius 1 is 0.814 bits per heavy atom. The summed E-state index contributed by atoms with van der Waals surface area (Å²) < 4.78 is 59.8. The van der Waals surface area contributed by atoms with Crippen LogP contribution in [0.3, 0.4) is 0 Å². The molecule has 0 aliphatic carbocycles. The van der Waals surface area contributed by atoms with Gasteiger partial charge in [0.2, 0.25) is 17.7 Å². The van der Waals surface area contributed by atoms with Crippen molar-refractivity contribution in [1.29, 1.82) is 0 Å². The molecule has 3 saturated heterocycles. The number of carbonyl (C=O) groups excluding carboxylic acids is 4. The molecule has 3 aliphatic rings. The van der Waals surface area contributed by atoms with E-state index in [4.69, 9.17) is 39.2 Å². The van der Waals surface area contributed by atoms with Gasteiger partial charge in [-0.2, -0.15) is 16.7 Å². The number of aliphatic hydroxyl groups excluding tert-OH is 1. The fourth-order valence-corrected chi connectivity index (χ4v) is 11.5. The lowest BCUT2D eigenvalue weighted by Crippen LogP contribution is -2.38. The fourth-order valence-electron chi connectivity index (χ4n) is 7.16. The molecule has 400 valence electrons. The number of unbranched alkanes of at least 4 members (excludes halogenated alkanes) is 1. The summed E-state index contributed by atoms with van der Waals surface area (Å²) in [5, 5.41) is 25.6. The molecule has 70 heavy (non-hydrogen) atoms. The zero-order valence-electron chi connectivity index (χ0n) is 38.4. The van der Waals surface area contributed by atoms with E-state index in [1.807, 2.05) is 11.8 Å². The third-order valence-electron chi connectivity index (χ3n) is 10.5. The summed E-state index contributed by atoms with van der Waals surface area (Å²) in [6, 6.07) is 0.322. The summed E-state index contributed by atoms with van der Waals surface area (Å²) in [4.78, 5) is 101. The largest absolute Gasteiger partial charge is 0.470 e. The summed E-state index contributed by atoms with van der Waals surface area (Å²) in [5.41, 5.74) is 5.23. The number of hydrogen-bond acceptors (Lipinski definition) is 20. The van der Waals surface area contributed by atoms with Crippen molar-refractivity contribution >= 4 is 78.6 Å². The van der Waals surface area contributed by atoms with Crippen LogP contribution in [0.1, 0.15) is 56.7 Å². The number of phosphoric acid groups is 2. The molecule has 1 aromatic rings. The van der Waals surface area contributed by atoms with Gasteiger partial charge in [0, 0.05) is 73.2 Å². The molecule has 4 rings (SSSR count). The van der Waals surface area contributed by atoms with Gasteiger partial charge in [-0.05, 0) is 25.7 Å². The van der Waals surface area contributed by atoms with Crippen LogP contribution in [-0.4, -0.2) is 190 Å². The number of hydrogen-bond donors (Lipinski definition) is 11. The Morgan fingerprint density at radius 3 is 2.14 bits per heavy atom. The molecule has 5 amide bonds. The minimum atomic E-state index is -5.24. The third kappa shape index (κ3) is 23.5. The van der Waals surface area contributed by atoms with E-state index < -0.39 is 52.5 Å². The van der Waals surface area contributed by atoms with Crippen molar-refractivity contribution in [2.45, 2.75) is 93.2 Å². The Labute approximate surface area is 416 Å². The number of phosphoric ester groups is 2. The van der Waals surface area contributed by atoms with E-state index in [-0.39, 0.29) is 74.1 Å². The number of anilines is 1. The number of carbonyl (C=O) groups is 4. The molecule has 1 unspecified atom stereocenters. The number of rotatable bonds is 37. The summed E-state index contributed by atoms with van der Waals surface area (Å²) in [5.74, 6) is 1.60. The predicted octanol–water partition coefficient (Wildman–Crippen LogP) is -1.09. The van der Waals surface area contributed by atoms with Crippen LogP contribution in [0.15, 0.2) is 11.0 Å². The number of aryl methyl sites for hydroxylation is 1. The van der Waals surface area contributed by atoms with Crippen LogP contribution in [0.4, 0.5) is 10.6 Å². The van der Waals surface area contributed by atoms with Crippen LogP contribution in [0.25, 0.3) is 0 Å². The SMILES string of the molecule is Nc1nc(=O)n([C@@H]2O[C@H](COP(=O)(O)O)C(OP(=O)(O)O)[C@@H]2O)cc1CCCNC(=O)CCSSCCNC(=O)CCOCCOCCOCCOCCNC(=O)CCCC[C@@H]1SC[C@@H]2NC(=O)N[C@@H]21. The molecule has 0 saturated carbocycles. The summed E-state index contributed by atoms with van der Waals surface area (Å²) in [6.45, 7) is 3.09. The van der Waals surface area contributed by atoms with Crippen molar-refractivity contribution in [2.24, 2.45) is 0 Å². The molecule has 0 spiro atoms. The molecular weight excluding hydrogens is 1030 g/mol. The number of nitrogen functional groups attached to an aromatic ring is 1.